The second kappa shape index (κ2) is 4.83. The van der Waals surface area contributed by atoms with Crippen LogP contribution in [-0.4, -0.2) is 5.91 Å². The summed E-state index contributed by atoms with van der Waals surface area (Å²) >= 11 is 4.66. The molecule has 19 heavy (non-hydrogen) atoms. The number of carbonyl (C=O) groups is 1. The van der Waals surface area contributed by atoms with E-state index in [-0.39, 0.29) is 5.91 Å². The average Bonchev–Trinajstić information content (AvgIpc) is 3.04. The fraction of sp³-hybridized carbons (Fsp3) is 0.231. The summed E-state index contributed by atoms with van der Waals surface area (Å²) < 4.78 is 5.54. The van der Waals surface area contributed by atoms with E-state index in [0.29, 0.717) is 20.8 Å². The van der Waals surface area contributed by atoms with Crippen molar-refractivity contribution < 1.29 is 9.21 Å². The third kappa shape index (κ3) is 2.20. The van der Waals surface area contributed by atoms with E-state index in [4.69, 9.17) is 4.42 Å². The summed E-state index contributed by atoms with van der Waals surface area (Å²) in [5.41, 5.74) is 2.16. The second-order valence-corrected chi connectivity index (χ2v) is 6.15. The normalized spacial score (nSPS) is 13.1. The molecule has 3 rings (SSSR count). The molecule has 0 saturated carbocycles. The van der Waals surface area contributed by atoms with Gasteiger partial charge >= 0.3 is 0 Å². The lowest BCUT2D eigenvalue weighted by Crippen LogP contribution is -2.10. The minimum atomic E-state index is -0.258. The van der Waals surface area contributed by atoms with Crippen LogP contribution in [0.4, 0.5) is 5.00 Å². The van der Waals surface area contributed by atoms with E-state index in [1.54, 1.807) is 6.07 Å². The van der Waals surface area contributed by atoms with Gasteiger partial charge in [-0.05, 0) is 40.8 Å². The molecule has 6 heteroatoms. The van der Waals surface area contributed by atoms with Crippen LogP contribution in [-0.2, 0) is 12.8 Å². The Labute approximate surface area is 122 Å². The van der Waals surface area contributed by atoms with Crippen LogP contribution in [0.3, 0.4) is 0 Å². The highest BCUT2D eigenvalue weighted by molar-refractivity contribution is 9.10. The van der Waals surface area contributed by atoms with Gasteiger partial charge in [-0.15, -0.1) is 11.3 Å². The molecule has 96 valence electrons. The van der Waals surface area contributed by atoms with Crippen LogP contribution in [0.15, 0.2) is 21.4 Å². The molecule has 4 nitrogen and oxygen atoms in total. The Bertz CT molecular complexity index is 696. The molecule has 2 aromatic heterocycles. The van der Waals surface area contributed by atoms with E-state index in [9.17, 15) is 10.1 Å². The molecule has 0 saturated heterocycles. The number of aryl methyl sites for hydroxylation is 1. The zero-order chi connectivity index (χ0) is 13.4. The zero-order valence-corrected chi connectivity index (χ0v) is 12.2. The highest BCUT2D eigenvalue weighted by atomic mass is 79.9. The zero-order valence-electron chi connectivity index (χ0n) is 9.83. The van der Waals surface area contributed by atoms with Gasteiger partial charge in [-0.25, -0.2) is 0 Å². The van der Waals surface area contributed by atoms with Crippen LogP contribution in [0.1, 0.15) is 32.8 Å². The van der Waals surface area contributed by atoms with Crippen molar-refractivity contribution in [2.45, 2.75) is 19.3 Å². The molecule has 0 radical (unpaired) electrons. The largest absolute Gasteiger partial charge is 0.457 e. The maximum absolute atomic E-state index is 12.0. The van der Waals surface area contributed by atoms with Crippen molar-refractivity contribution in [3.05, 3.63) is 38.6 Å². The molecular weight excluding hydrogens is 328 g/mol. The first-order valence-corrected chi connectivity index (χ1v) is 7.40. The SMILES string of the molecule is N#Cc1c(NC(=O)c2coc(Br)c2)sc2c1CCC2. The van der Waals surface area contributed by atoms with Crippen LogP contribution >= 0.6 is 27.3 Å². The summed E-state index contributed by atoms with van der Waals surface area (Å²) in [7, 11) is 0. The first-order chi connectivity index (χ1) is 9.19. The van der Waals surface area contributed by atoms with E-state index in [2.05, 4.69) is 27.3 Å². The summed E-state index contributed by atoms with van der Waals surface area (Å²) in [5, 5.41) is 12.7. The number of furan rings is 1. The van der Waals surface area contributed by atoms with Gasteiger partial charge in [0.25, 0.3) is 5.91 Å². The molecule has 0 aromatic carbocycles. The monoisotopic (exact) mass is 336 g/mol. The molecule has 1 N–H and O–H groups in total. The van der Waals surface area contributed by atoms with Crippen LogP contribution in [0.2, 0.25) is 0 Å². The number of nitriles is 1. The Kier molecular flexibility index (Phi) is 3.17. The van der Waals surface area contributed by atoms with Gasteiger partial charge in [0, 0.05) is 10.9 Å². The van der Waals surface area contributed by atoms with Crippen molar-refractivity contribution in [3.8, 4) is 6.07 Å². The lowest BCUT2D eigenvalue weighted by Gasteiger charge is -2.01. The van der Waals surface area contributed by atoms with Crippen molar-refractivity contribution in [3.63, 3.8) is 0 Å². The van der Waals surface area contributed by atoms with Crippen molar-refractivity contribution >= 4 is 38.2 Å². The molecule has 0 fully saturated rings. The summed E-state index contributed by atoms with van der Waals surface area (Å²) in [6.07, 6.45) is 4.41. The highest BCUT2D eigenvalue weighted by Crippen LogP contribution is 2.38. The molecule has 0 bridgehead atoms. The quantitative estimate of drug-likeness (QED) is 0.908. The van der Waals surface area contributed by atoms with Gasteiger partial charge in [0.05, 0.1) is 11.1 Å². The van der Waals surface area contributed by atoms with Crippen molar-refractivity contribution in [1.29, 1.82) is 5.26 Å². The summed E-state index contributed by atoms with van der Waals surface area (Å²) in [6, 6.07) is 3.80. The lowest BCUT2D eigenvalue weighted by molar-refractivity contribution is 0.102. The maximum Gasteiger partial charge on any atom is 0.259 e. The number of carbonyl (C=O) groups excluding carboxylic acids is 1. The van der Waals surface area contributed by atoms with Gasteiger partial charge in [0.1, 0.15) is 17.3 Å². The minimum Gasteiger partial charge on any atom is -0.457 e. The highest BCUT2D eigenvalue weighted by Gasteiger charge is 2.23. The molecule has 2 aromatic rings. The molecule has 2 heterocycles. The number of halogens is 1. The van der Waals surface area contributed by atoms with Crippen LogP contribution < -0.4 is 5.32 Å². The second-order valence-electron chi connectivity index (χ2n) is 4.27. The molecule has 1 aliphatic carbocycles. The fourth-order valence-electron chi connectivity index (χ4n) is 2.22. The third-order valence-electron chi connectivity index (χ3n) is 3.09. The predicted molar refractivity (Wildman–Crippen MR) is 75.4 cm³/mol. The van der Waals surface area contributed by atoms with Crippen molar-refractivity contribution in [1.82, 2.24) is 0 Å². The fourth-order valence-corrected chi connectivity index (χ4v) is 3.79. The number of hydrogen-bond acceptors (Lipinski definition) is 4. The standard InChI is InChI=1S/C13H9BrN2O2S/c14-11-4-7(6-18-11)12(17)16-13-9(5-15)8-2-1-3-10(8)19-13/h4,6H,1-3H2,(H,16,17). The number of rotatable bonds is 2. The predicted octanol–water partition coefficient (Wildman–Crippen LogP) is 3.72. The van der Waals surface area contributed by atoms with Gasteiger partial charge in [0.15, 0.2) is 4.67 Å². The van der Waals surface area contributed by atoms with Gasteiger partial charge in [-0.2, -0.15) is 5.26 Å². The smallest absolute Gasteiger partial charge is 0.259 e. The third-order valence-corrected chi connectivity index (χ3v) is 4.71. The molecule has 0 unspecified atom stereocenters. The van der Waals surface area contributed by atoms with E-state index in [1.807, 2.05) is 0 Å². The van der Waals surface area contributed by atoms with Crippen molar-refractivity contribution in [2.75, 3.05) is 5.32 Å². The first kappa shape index (κ1) is 12.5. The Hall–Kier alpha value is -1.58. The van der Waals surface area contributed by atoms with Crippen molar-refractivity contribution in [2.24, 2.45) is 0 Å². The molecular formula is C13H9BrN2O2S. The number of anilines is 1. The van der Waals surface area contributed by atoms with E-state index in [0.717, 1.165) is 24.8 Å². The number of amides is 1. The minimum absolute atomic E-state index is 0.258. The van der Waals surface area contributed by atoms with Crippen LogP contribution in [0.25, 0.3) is 0 Å². The van der Waals surface area contributed by atoms with E-state index >= 15 is 0 Å². The molecule has 1 aliphatic rings. The Morgan fingerprint density at radius 2 is 2.37 bits per heavy atom. The van der Waals surface area contributed by atoms with Crippen LogP contribution in [0.5, 0.6) is 0 Å². The maximum atomic E-state index is 12.0. The van der Waals surface area contributed by atoms with E-state index in [1.165, 1.54) is 22.5 Å². The Morgan fingerprint density at radius 3 is 3.05 bits per heavy atom. The molecule has 0 aliphatic heterocycles. The van der Waals surface area contributed by atoms with E-state index < -0.39 is 0 Å². The van der Waals surface area contributed by atoms with Gasteiger partial charge in [-0.3, -0.25) is 4.79 Å². The Morgan fingerprint density at radius 1 is 1.53 bits per heavy atom. The molecule has 0 spiro atoms. The Balaban J connectivity index is 1.88. The van der Waals surface area contributed by atoms with Gasteiger partial charge in [0.2, 0.25) is 0 Å². The number of fused-ring (bicyclic) bond motifs is 1. The number of thiophene rings is 1. The topological polar surface area (TPSA) is 66.0 Å². The summed E-state index contributed by atoms with van der Waals surface area (Å²) in [5.74, 6) is -0.258. The molecule has 1 amide bonds. The lowest BCUT2D eigenvalue weighted by atomic mass is 10.1. The van der Waals surface area contributed by atoms with Gasteiger partial charge in [-0.1, -0.05) is 0 Å². The number of nitrogens with one attached hydrogen (secondary N) is 1. The number of hydrogen-bond donors (Lipinski definition) is 1. The van der Waals surface area contributed by atoms with Gasteiger partial charge < -0.3 is 9.73 Å². The first-order valence-electron chi connectivity index (χ1n) is 5.79. The average molecular weight is 337 g/mol. The number of nitrogens with zero attached hydrogens (tertiary/aromatic N) is 1. The summed E-state index contributed by atoms with van der Waals surface area (Å²) in [6.45, 7) is 0. The van der Waals surface area contributed by atoms with Crippen LogP contribution in [0, 0.1) is 11.3 Å². The molecule has 0 atom stereocenters. The summed E-state index contributed by atoms with van der Waals surface area (Å²) in [4.78, 5) is 13.3.